The van der Waals surface area contributed by atoms with Crippen LogP contribution in [0.1, 0.15) is 25.3 Å². The zero-order valence-electron chi connectivity index (χ0n) is 13.9. The number of pyridine rings is 1. The second-order valence-corrected chi connectivity index (χ2v) is 6.36. The third-order valence-electron chi connectivity index (χ3n) is 4.34. The van der Waals surface area contributed by atoms with Gasteiger partial charge in [0, 0.05) is 16.5 Å². The number of benzene rings is 2. The summed E-state index contributed by atoms with van der Waals surface area (Å²) in [5.41, 5.74) is 5.33. The van der Waals surface area contributed by atoms with Crippen LogP contribution in [0.3, 0.4) is 0 Å². The van der Waals surface area contributed by atoms with E-state index in [1.807, 2.05) is 24.4 Å². The Kier molecular flexibility index (Phi) is 3.66. The van der Waals surface area contributed by atoms with E-state index in [-0.39, 0.29) is 0 Å². The first-order valence-corrected chi connectivity index (χ1v) is 8.26. The highest BCUT2D eigenvalue weighted by atomic mass is 16.3. The van der Waals surface area contributed by atoms with Gasteiger partial charge in [0.1, 0.15) is 5.76 Å². The van der Waals surface area contributed by atoms with Gasteiger partial charge in [-0.1, -0.05) is 68.4 Å². The van der Waals surface area contributed by atoms with Crippen LogP contribution < -0.4 is 0 Å². The summed E-state index contributed by atoms with van der Waals surface area (Å²) >= 11 is 0. The molecule has 0 radical (unpaired) electrons. The molecule has 0 unspecified atom stereocenters. The molecule has 0 atom stereocenters. The molecule has 2 heterocycles. The van der Waals surface area contributed by atoms with E-state index in [9.17, 15) is 0 Å². The molecule has 0 amide bonds. The Balaban J connectivity index is 1.73. The van der Waals surface area contributed by atoms with Gasteiger partial charge in [0.05, 0.1) is 11.9 Å². The topological polar surface area (TPSA) is 26.0 Å². The molecule has 4 aromatic rings. The van der Waals surface area contributed by atoms with Crippen LogP contribution in [0.4, 0.5) is 0 Å². The molecule has 2 aromatic carbocycles. The summed E-state index contributed by atoms with van der Waals surface area (Å²) in [5.74, 6) is 1.42. The number of nitrogens with zero attached hydrogens (tertiary/aromatic N) is 1. The monoisotopic (exact) mass is 313 g/mol. The molecule has 0 N–H and O–H groups in total. The second kappa shape index (κ2) is 5.97. The molecule has 2 aromatic heterocycles. The molecule has 118 valence electrons. The van der Waals surface area contributed by atoms with Crippen LogP contribution in [0.2, 0.25) is 0 Å². The first-order valence-electron chi connectivity index (χ1n) is 8.26. The Hall–Kier alpha value is -2.87. The lowest BCUT2D eigenvalue weighted by Gasteiger charge is -2.05. The predicted octanol–water partition coefficient (Wildman–Crippen LogP) is 6.29. The normalized spacial score (nSPS) is 11.3. The summed E-state index contributed by atoms with van der Waals surface area (Å²) in [4.78, 5) is 4.53. The molecule has 0 spiro atoms. The molecule has 0 aliphatic rings. The molecule has 0 saturated heterocycles. The minimum Gasteiger partial charge on any atom is -0.454 e. The van der Waals surface area contributed by atoms with Gasteiger partial charge in [-0.15, -0.1) is 0 Å². The first-order chi connectivity index (χ1) is 11.7. The predicted molar refractivity (Wildman–Crippen MR) is 99.0 cm³/mol. The van der Waals surface area contributed by atoms with Gasteiger partial charge in [-0.2, -0.15) is 0 Å². The average Bonchev–Trinajstić information content (AvgIpc) is 3.06. The van der Waals surface area contributed by atoms with Crippen molar-refractivity contribution in [2.24, 2.45) is 0 Å². The standard InChI is InChI=1S/C22H19NO/c1-15(2)16-8-10-18(11-9-16)21-13-19-12-20(23-14-22(19)24-21)17-6-4-3-5-7-17/h3-15H,1-2H3. The van der Waals surface area contributed by atoms with Gasteiger partial charge in [-0.3, -0.25) is 4.98 Å². The molecular formula is C22H19NO. The van der Waals surface area contributed by atoms with Crippen molar-refractivity contribution in [3.63, 3.8) is 0 Å². The minimum absolute atomic E-state index is 0.535. The highest BCUT2D eigenvalue weighted by Crippen LogP contribution is 2.30. The fraction of sp³-hybridized carbons (Fsp3) is 0.136. The Bertz CT molecular complexity index is 966. The van der Waals surface area contributed by atoms with Gasteiger partial charge in [0.2, 0.25) is 0 Å². The fourth-order valence-corrected chi connectivity index (χ4v) is 2.89. The summed E-state index contributed by atoms with van der Waals surface area (Å²) in [7, 11) is 0. The van der Waals surface area contributed by atoms with Crippen molar-refractivity contribution in [3.8, 4) is 22.6 Å². The molecule has 0 fully saturated rings. The fourth-order valence-electron chi connectivity index (χ4n) is 2.89. The van der Waals surface area contributed by atoms with Crippen molar-refractivity contribution in [3.05, 3.63) is 78.5 Å². The maximum absolute atomic E-state index is 5.98. The number of hydrogen-bond acceptors (Lipinski definition) is 2. The minimum atomic E-state index is 0.535. The van der Waals surface area contributed by atoms with E-state index in [2.05, 4.69) is 67.4 Å². The van der Waals surface area contributed by atoms with E-state index in [4.69, 9.17) is 4.42 Å². The van der Waals surface area contributed by atoms with Crippen molar-refractivity contribution < 1.29 is 4.42 Å². The largest absolute Gasteiger partial charge is 0.454 e. The maximum Gasteiger partial charge on any atom is 0.153 e. The summed E-state index contributed by atoms with van der Waals surface area (Å²) in [6, 6.07) is 23.0. The first kappa shape index (κ1) is 14.7. The van der Waals surface area contributed by atoms with E-state index in [0.717, 1.165) is 33.6 Å². The van der Waals surface area contributed by atoms with E-state index >= 15 is 0 Å². The van der Waals surface area contributed by atoms with Crippen LogP contribution in [0.25, 0.3) is 33.6 Å². The van der Waals surface area contributed by atoms with Gasteiger partial charge in [-0.05, 0) is 23.6 Å². The van der Waals surface area contributed by atoms with Crippen LogP contribution in [-0.4, -0.2) is 4.98 Å². The van der Waals surface area contributed by atoms with Gasteiger partial charge >= 0.3 is 0 Å². The number of hydrogen-bond donors (Lipinski definition) is 0. The third kappa shape index (κ3) is 2.71. The van der Waals surface area contributed by atoms with Gasteiger partial charge in [0.15, 0.2) is 5.58 Å². The SMILES string of the molecule is CC(C)c1ccc(-c2cc3cc(-c4ccccc4)ncc3o2)cc1. The van der Waals surface area contributed by atoms with E-state index in [1.165, 1.54) is 5.56 Å². The molecular weight excluding hydrogens is 294 g/mol. The lowest BCUT2D eigenvalue weighted by molar-refractivity contribution is 0.630. The van der Waals surface area contributed by atoms with Crippen LogP contribution >= 0.6 is 0 Å². The van der Waals surface area contributed by atoms with Crippen LogP contribution in [-0.2, 0) is 0 Å². The number of fused-ring (bicyclic) bond motifs is 1. The Morgan fingerprint density at radius 2 is 1.58 bits per heavy atom. The molecule has 24 heavy (non-hydrogen) atoms. The zero-order chi connectivity index (χ0) is 16.5. The maximum atomic E-state index is 5.98. The van der Waals surface area contributed by atoms with Crippen molar-refractivity contribution in [2.75, 3.05) is 0 Å². The number of aromatic nitrogens is 1. The van der Waals surface area contributed by atoms with Crippen LogP contribution in [0.5, 0.6) is 0 Å². The summed E-state index contributed by atoms with van der Waals surface area (Å²) in [5, 5.41) is 1.08. The average molecular weight is 313 g/mol. The van der Waals surface area contributed by atoms with Crippen molar-refractivity contribution >= 4 is 11.0 Å². The summed E-state index contributed by atoms with van der Waals surface area (Å²) < 4.78 is 5.98. The Morgan fingerprint density at radius 3 is 2.29 bits per heavy atom. The van der Waals surface area contributed by atoms with E-state index < -0.39 is 0 Å². The molecule has 4 rings (SSSR count). The molecule has 0 aliphatic heterocycles. The second-order valence-electron chi connectivity index (χ2n) is 6.36. The van der Waals surface area contributed by atoms with Gasteiger partial charge in [-0.25, -0.2) is 0 Å². The van der Waals surface area contributed by atoms with Gasteiger partial charge in [0.25, 0.3) is 0 Å². The summed E-state index contributed by atoms with van der Waals surface area (Å²) in [6.07, 6.45) is 1.81. The molecule has 2 heteroatoms. The zero-order valence-corrected chi connectivity index (χ0v) is 13.9. The van der Waals surface area contributed by atoms with Crippen molar-refractivity contribution in [1.29, 1.82) is 0 Å². The van der Waals surface area contributed by atoms with Gasteiger partial charge < -0.3 is 4.42 Å². The highest BCUT2D eigenvalue weighted by molar-refractivity contribution is 5.85. The lowest BCUT2D eigenvalue weighted by atomic mass is 10.0. The smallest absolute Gasteiger partial charge is 0.153 e. The van der Waals surface area contributed by atoms with Crippen molar-refractivity contribution in [2.45, 2.75) is 19.8 Å². The molecule has 0 bridgehead atoms. The van der Waals surface area contributed by atoms with E-state index in [0.29, 0.717) is 5.92 Å². The van der Waals surface area contributed by atoms with E-state index in [1.54, 1.807) is 0 Å². The van der Waals surface area contributed by atoms with Crippen LogP contribution in [0.15, 0.2) is 77.3 Å². The van der Waals surface area contributed by atoms with Crippen LogP contribution in [0, 0.1) is 0 Å². The Morgan fingerprint density at radius 1 is 0.833 bits per heavy atom. The third-order valence-corrected chi connectivity index (χ3v) is 4.34. The summed E-state index contributed by atoms with van der Waals surface area (Å²) in [6.45, 7) is 4.40. The Labute approximate surface area is 141 Å². The lowest BCUT2D eigenvalue weighted by Crippen LogP contribution is -1.85. The molecule has 0 saturated carbocycles. The number of furan rings is 1. The quantitative estimate of drug-likeness (QED) is 0.444. The highest BCUT2D eigenvalue weighted by Gasteiger charge is 2.09. The molecule has 2 nitrogen and oxygen atoms in total. The number of rotatable bonds is 3. The molecule has 0 aliphatic carbocycles. The van der Waals surface area contributed by atoms with Crippen molar-refractivity contribution in [1.82, 2.24) is 4.98 Å².